The van der Waals surface area contributed by atoms with Crippen LogP contribution in [0.4, 0.5) is 13.2 Å². The molecule has 7 nitrogen and oxygen atoms in total. The Bertz CT molecular complexity index is 1230. The van der Waals surface area contributed by atoms with Crippen LogP contribution in [0.15, 0.2) is 42.9 Å². The minimum Gasteiger partial charge on any atom is -0.376 e. The molecule has 1 aromatic carbocycles. The maximum absolute atomic E-state index is 12.6. The van der Waals surface area contributed by atoms with E-state index >= 15 is 0 Å². The second-order valence-electron chi connectivity index (χ2n) is 5.79. The van der Waals surface area contributed by atoms with Gasteiger partial charge in [-0.1, -0.05) is 0 Å². The van der Waals surface area contributed by atoms with E-state index in [4.69, 9.17) is 0 Å². The zero-order valence-electron chi connectivity index (χ0n) is 13.6. The third kappa shape index (κ3) is 2.89. The van der Waals surface area contributed by atoms with E-state index in [1.54, 1.807) is 36.3 Å². The van der Waals surface area contributed by atoms with Gasteiger partial charge in [0.25, 0.3) is 0 Å². The van der Waals surface area contributed by atoms with E-state index in [-0.39, 0.29) is 0 Å². The molecule has 0 aliphatic carbocycles. The van der Waals surface area contributed by atoms with E-state index in [1.807, 2.05) is 0 Å². The summed E-state index contributed by atoms with van der Waals surface area (Å²) in [5.74, 6) is 0.0931. The summed E-state index contributed by atoms with van der Waals surface area (Å²) >= 11 is 0. The van der Waals surface area contributed by atoms with Crippen LogP contribution in [0.3, 0.4) is 0 Å². The summed E-state index contributed by atoms with van der Waals surface area (Å²) in [6.07, 6.45) is 4.89. The summed E-state index contributed by atoms with van der Waals surface area (Å²) in [4.78, 5) is 11.4. The third-order valence-electron chi connectivity index (χ3n) is 4.00. The van der Waals surface area contributed by atoms with Crippen molar-refractivity contribution in [2.24, 2.45) is 7.05 Å². The van der Waals surface area contributed by atoms with Crippen molar-refractivity contribution in [3.05, 3.63) is 42.9 Å². The van der Waals surface area contributed by atoms with Crippen molar-refractivity contribution in [1.29, 1.82) is 0 Å². The van der Waals surface area contributed by atoms with Crippen LogP contribution in [-0.2, 0) is 17.2 Å². The molecular weight excluding hydrogens is 385 g/mol. The highest BCUT2D eigenvalue weighted by molar-refractivity contribution is 7.88. The summed E-state index contributed by atoms with van der Waals surface area (Å²) in [6.45, 7) is 0. The fourth-order valence-corrected chi connectivity index (χ4v) is 3.23. The van der Waals surface area contributed by atoms with Gasteiger partial charge < -0.3 is 13.7 Å². The number of nitrogens with zero attached hydrogens (tertiary/aromatic N) is 3. The predicted octanol–water partition coefficient (Wildman–Crippen LogP) is 3.30. The number of halogens is 3. The van der Waals surface area contributed by atoms with Gasteiger partial charge in [0, 0.05) is 35.9 Å². The number of aryl methyl sites for hydroxylation is 1. The highest BCUT2D eigenvalue weighted by Crippen LogP contribution is 2.34. The molecule has 0 fully saturated rings. The van der Waals surface area contributed by atoms with Crippen LogP contribution in [-0.4, -0.2) is 33.4 Å². The third-order valence-corrected chi connectivity index (χ3v) is 4.98. The largest absolute Gasteiger partial charge is 0.534 e. The van der Waals surface area contributed by atoms with Gasteiger partial charge >= 0.3 is 15.6 Å². The number of H-pyrrole nitrogens is 1. The van der Waals surface area contributed by atoms with Crippen molar-refractivity contribution in [2.75, 3.05) is 0 Å². The minimum absolute atomic E-state index is 0.434. The average molecular weight is 396 g/mol. The van der Waals surface area contributed by atoms with Crippen LogP contribution >= 0.6 is 0 Å². The predicted molar refractivity (Wildman–Crippen MR) is 90.5 cm³/mol. The Balaban J connectivity index is 1.84. The molecule has 2 aliphatic rings. The summed E-state index contributed by atoms with van der Waals surface area (Å²) in [6, 6.07) is 5.63. The van der Waals surface area contributed by atoms with E-state index in [2.05, 4.69) is 19.1 Å². The van der Waals surface area contributed by atoms with Gasteiger partial charge in [-0.25, -0.2) is 9.97 Å². The summed E-state index contributed by atoms with van der Waals surface area (Å²) in [5.41, 5.74) is -2.92. The SMILES string of the molecule is Cn1cc(-c2cnc3nccc-3[nH]2)c2cc(OS(=O)(=O)C(F)(F)F)ccc21. The van der Waals surface area contributed by atoms with Crippen molar-refractivity contribution in [3.8, 4) is 28.5 Å². The number of fused-ring (bicyclic) bond motifs is 2. The lowest BCUT2D eigenvalue weighted by Gasteiger charge is -2.10. The first-order valence-electron chi connectivity index (χ1n) is 7.56. The zero-order valence-corrected chi connectivity index (χ0v) is 14.5. The maximum Gasteiger partial charge on any atom is 0.534 e. The van der Waals surface area contributed by atoms with Crippen LogP contribution < -0.4 is 4.18 Å². The normalized spacial score (nSPS) is 12.7. The zero-order chi connectivity index (χ0) is 19.4. The van der Waals surface area contributed by atoms with Gasteiger partial charge in [0.1, 0.15) is 5.75 Å². The molecule has 11 heteroatoms. The summed E-state index contributed by atoms with van der Waals surface area (Å²) in [7, 11) is -3.99. The number of alkyl halides is 3. The lowest BCUT2D eigenvalue weighted by Crippen LogP contribution is -2.28. The molecule has 3 heterocycles. The number of rotatable bonds is 3. The number of aromatic nitrogens is 4. The van der Waals surface area contributed by atoms with Crippen molar-refractivity contribution >= 4 is 21.0 Å². The second kappa shape index (κ2) is 5.71. The Kier molecular flexibility index (Phi) is 3.67. The van der Waals surface area contributed by atoms with Crippen molar-refractivity contribution < 1.29 is 25.8 Å². The Hall–Kier alpha value is -3.08. The number of benzene rings is 1. The maximum atomic E-state index is 12.6. The fourth-order valence-electron chi connectivity index (χ4n) is 2.78. The molecule has 0 radical (unpaired) electrons. The Morgan fingerprint density at radius 3 is 2.67 bits per heavy atom. The molecule has 2 aliphatic heterocycles. The molecule has 27 heavy (non-hydrogen) atoms. The monoisotopic (exact) mass is 396 g/mol. The van der Waals surface area contributed by atoms with E-state index in [0.29, 0.717) is 33.7 Å². The standard InChI is InChI=1S/C16H11F3N4O3S/c1-23-8-11(13-7-21-15-12(22-13)4-5-20-15)10-6-9(2-3-14(10)23)26-27(24,25)16(17,18)19/h2-8,22H,1H3. The molecule has 2 aromatic rings. The highest BCUT2D eigenvalue weighted by atomic mass is 32.2. The van der Waals surface area contributed by atoms with Crippen LogP contribution in [0.5, 0.6) is 5.75 Å². The molecule has 0 atom stereocenters. The highest BCUT2D eigenvalue weighted by Gasteiger charge is 2.48. The molecule has 1 N–H and O–H groups in total. The van der Waals surface area contributed by atoms with Crippen molar-refractivity contribution in [3.63, 3.8) is 0 Å². The Labute approximate surface area is 150 Å². The molecule has 0 spiro atoms. The van der Waals surface area contributed by atoms with Gasteiger partial charge in [0.2, 0.25) is 0 Å². The van der Waals surface area contributed by atoms with Gasteiger partial charge in [-0.3, -0.25) is 0 Å². The molecule has 0 bridgehead atoms. The minimum atomic E-state index is -5.75. The number of hydrogen-bond donors (Lipinski definition) is 1. The van der Waals surface area contributed by atoms with E-state index < -0.39 is 21.4 Å². The van der Waals surface area contributed by atoms with Crippen LogP contribution in [0, 0.1) is 0 Å². The number of nitrogens with one attached hydrogen (secondary N) is 1. The average Bonchev–Trinajstić information content (AvgIpc) is 3.17. The molecule has 0 unspecified atom stereocenters. The van der Waals surface area contributed by atoms with Crippen molar-refractivity contribution in [2.45, 2.75) is 5.51 Å². The van der Waals surface area contributed by atoms with Crippen LogP contribution in [0.25, 0.3) is 33.7 Å². The molecule has 0 saturated heterocycles. The molecule has 1 aromatic heterocycles. The van der Waals surface area contributed by atoms with Gasteiger partial charge in [0.05, 0.1) is 17.6 Å². The van der Waals surface area contributed by atoms with E-state index in [9.17, 15) is 21.6 Å². The van der Waals surface area contributed by atoms with Crippen LogP contribution in [0.2, 0.25) is 0 Å². The molecule has 4 rings (SSSR count). The second-order valence-corrected chi connectivity index (χ2v) is 7.33. The molecular formula is C16H11F3N4O3S. The smallest absolute Gasteiger partial charge is 0.376 e. The lowest BCUT2D eigenvalue weighted by molar-refractivity contribution is -0.0500. The Morgan fingerprint density at radius 1 is 1.15 bits per heavy atom. The van der Waals surface area contributed by atoms with E-state index in [0.717, 1.165) is 0 Å². The van der Waals surface area contributed by atoms with Crippen LogP contribution in [0.1, 0.15) is 0 Å². The molecule has 0 saturated carbocycles. The van der Waals surface area contributed by atoms with Gasteiger partial charge in [-0.15, -0.1) is 0 Å². The number of hydrogen-bond acceptors (Lipinski definition) is 5. The summed E-state index contributed by atoms with van der Waals surface area (Å²) in [5, 5.41) is 0.504. The first-order valence-corrected chi connectivity index (χ1v) is 8.96. The van der Waals surface area contributed by atoms with Gasteiger partial charge in [-0.2, -0.15) is 21.6 Å². The van der Waals surface area contributed by atoms with Gasteiger partial charge in [-0.05, 0) is 24.3 Å². The van der Waals surface area contributed by atoms with E-state index in [1.165, 1.54) is 18.2 Å². The van der Waals surface area contributed by atoms with Gasteiger partial charge in [0.15, 0.2) is 5.82 Å². The molecule has 140 valence electrons. The molecule has 0 amide bonds. The Morgan fingerprint density at radius 2 is 1.93 bits per heavy atom. The number of aromatic amines is 1. The topological polar surface area (TPSA) is 89.9 Å². The first kappa shape index (κ1) is 17.3. The first-order chi connectivity index (χ1) is 12.7. The fraction of sp³-hybridized carbons (Fsp3) is 0.125. The van der Waals surface area contributed by atoms with Crippen molar-refractivity contribution in [1.82, 2.24) is 19.5 Å². The quantitative estimate of drug-likeness (QED) is 0.424. The lowest BCUT2D eigenvalue weighted by atomic mass is 10.1. The summed E-state index contributed by atoms with van der Waals surface area (Å²) < 4.78 is 66.2.